The Hall–Kier alpha value is -3.19. The van der Waals surface area contributed by atoms with E-state index in [2.05, 4.69) is 36.2 Å². The second-order valence-electron chi connectivity index (χ2n) is 9.84. The molecular formula is C29H33N3O3S. The molecule has 0 bridgehead atoms. The summed E-state index contributed by atoms with van der Waals surface area (Å²) >= 11 is 1.73. The van der Waals surface area contributed by atoms with Gasteiger partial charge in [-0.2, -0.15) is 0 Å². The maximum atomic E-state index is 14.1. The average molecular weight is 504 g/mol. The van der Waals surface area contributed by atoms with Crippen molar-refractivity contribution in [1.82, 2.24) is 15.1 Å². The van der Waals surface area contributed by atoms with Gasteiger partial charge in [-0.3, -0.25) is 9.59 Å². The van der Waals surface area contributed by atoms with Crippen molar-refractivity contribution in [1.29, 1.82) is 0 Å². The zero-order valence-corrected chi connectivity index (χ0v) is 22.1. The molecule has 36 heavy (non-hydrogen) atoms. The number of furan rings is 1. The minimum Gasteiger partial charge on any atom is -0.461 e. The van der Waals surface area contributed by atoms with Gasteiger partial charge in [-0.1, -0.05) is 55.1 Å². The summed E-state index contributed by atoms with van der Waals surface area (Å²) in [6.45, 7) is 7.30. The number of nitrogens with one attached hydrogen (secondary N) is 1. The Morgan fingerprint density at radius 2 is 1.89 bits per heavy atom. The van der Waals surface area contributed by atoms with Crippen molar-refractivity contribution in [2.75, 3.05) is 20.1 Å². The lowest BCUT2D eigenvalue weighted by molar-refractivity contribution is -0.133. The normalized spacial score (nSPS) is 22.4. The van der Waals surface area contributed by atoms with Crippen molar-refractivity contribution < 1.29 is 14.0 Å². The molecule has 2 aliphatic heterocycles. The number of carbonyl (C=O) groups is 2. The van der Waals surface area contributed by atoms with Crippen molar-refractivity contribution in [3.05, 3.63) is 77.2 Å². The van der Waals surface area contributed by atoms with Crippen LogP contribution < -0.4 is 5.32 Å². The molecule has 2 amide bonds. The van der Waals surface area contributed by atoms with Gasteiger partial charge in [0.25, 0.3) is 11.8 Å². The molecule has 1 fully saturated rings. The number of likely N-dealkylation sites (tertiary alicyclic amines) is 1. The number of carbonyl (C=O) groups excluding carboxylic acids is 2. The molecule has 5 rings (SSSR count). The van der Waals surface area contributed by atoms with Crippen LogP contribution in [0.15, 0.2) is 64.7 Å². The van der Waals surface area contributed by atoms with Crippen LogP contribution in [0, 0.1) is 12.8 Å². The third-order valence-electron chi connectivity index (χ3n) is 7.42. The van der Waals surface area contributed by atoms with Gasteiger partial charge in [0.15, 0.2) is 0 Å². The van der Waals surface area contributed by atoms with E-state index in [9.17, 15) is 9.59 Å². The van der Waals surface area contributed by atoms with Crippen LogP contribution in [0.1, 0.15) is 48.4 Å². The number of fused-ring (bicyclic) bond motifs is 1. The Bertz CT molecular complexity index is 1320. The zero-order chi connectivity index (χ0) is 25.4. The molecule has 0 saturated carbocycles. The van der Waals surface area contributed by atoms with E-state index >= 15 is 0 Å². The topological polar surface area (TPSA) is 65.8 Å². The highest BCUT2D eigenvalue weighted by Gasteiger charge is 2.39. The Kier molecular flexibility index (Phi) is 6.84. The van der Waals surface area contributed by atoms with Crippen molar-refractivity contribution >= 4 is 39.5 Å². The number of hydrogen-bond acceptors (Lipinski definition) is 5. The quantitative estimate of drug-likeness (QED) is 0.499. The summed E-state index contributed by atoms with van der Waals surface area (Å²) in [5.41, 5.74) is 3.13. The van der Waals surface area contributed by atoms with E-state index in [1.54, 1.807) is 11.8 Å². The first kappa shape index (κ1) is 24.5. The van der Waals surface area contributed by atoms with E-state index in [4.69, 9.17) is 4.42 Å². The van der Waals surface area contributed by atoms with Crippen LogP contribution in [0.5, 0.6) is 0 Å². The Balaban J connectivity index is 1.39. The first-order valence-corrected chi connectivity index (χ1v) is 13.5. The van der Waals surface area contributed by atoms with Gasteiger partial charge in [0.2, 0.25) is 0 Å². The highest BCUT2D eigenvalue weighted by Crippen LogP contribution is 2.44. The summed E-state index contributed by atoms with van der Waals surface area (Å²) in [6, 6.07) is 17.5. The van der Waals surface area contributed by atoms with Gasteiger partial charge in [-0.05, 0) is 56.4 Å². The van der Waals surface area contributed by atoms with Crippen LogP contribution in [0.3, 0.4) is 0 Å². The van der Waals surface area contributed by atoms with E-state index < -0.39 is 0 Å². The SMILES string of the molecule is Cc1cc2c(C(=O)NCC3[C@H](C)CCCN3C(=O)C3=C(c4ccccc4)SC(C)N3C)cccc2o1. The lowest BCUT2D eigenvalue weighted by Crippen LogP contribution is -2.54. The summed E-state index contributed by atoms with van der Waals surface area (Å²) < 4.78 is 5.70. The number of rotatable bonds is 5. The van der Waals surface area contributed by atoms with E-state index in [0.717, 1.165) is 40.2 Å². The number of piperidine rings is 1. The molecule has 0 radical (unpaired) electrons. The summed E-state index contributed by atoms with van der Waals surface area (Å²) in [6.07, 6.45) is 2.00. The smallest absolute Gasteiger partial charge is 0.271 e. The second-order valence-corrected chi connectivity index (χ2v) is 11.2. The van der Waals surface area contributed by atoms with Crippen molar-refractivity contribution in [3.63, 3.8) is 0 Å². The number of amides is 2. The molecule has 3 heterocycles. The molecule has 7 heteroatoms. The molecule has 1 saturated heterocycles. The fraction of sp³-hybridized carbons (Fsp3) is 0.379. The number of hydrogen-bond donors (Lipinski definition) is 1. The van der Waals surface area contributed by atoms with Crippen molar-refractivity contribution in [3.8, 4) is 0 Å². The molecule has 3 aromatic rings. The van der Waals surface area contributed by atoms with Crippen LogP contribution in [0.2, 0.25) is 0 Å². The number of nitrogens with zero attached hydrogens (tertiary/aromatic N) is 2. The minimum atomic E-state index is -0.141. The molecule has 188 valence electrons. The number of benzene rings is 2. The van der Waals surface area contributed by atoms with Gasteiger partial charge < -0.3 is 19.5 Å². The second kappa shape index (κ2) is 10.1. The molecule has 6 nitrogen and oxygen atoms in total. The standard InChI is InChI=1S/C29H33N3O3S/c1-18-10-9-15-32(29(34)26-27(36-20(3)31(26)4)21-11-6-5-7-12-21)24(18)17-30-28(33)22-13-8-14-25-23(22)16-19(2)35-25/h5-8,11-14,16,18,20,24H,9-10,15,17H2,1-4H3,(H,30,33)/t18-,20?,24?/m1/s1. The fourth-order valence-corrected chi connectivity index (χ4v) is 6.54. The predicted molar refractivity (Wildman–Crippen MR) is 145 cm³/mol. The van der Waals surface area contributed by atoms with Crippen LogP contribution in [0.25, 0.3) is 15.9 Å². The molecule has 1 N–H and O–H groups in total. The first-order chi connectivity index (χ1) is 17.3. The van der Waals surface area contributed by atoms with Gasteiger partial charge >= 0.3 is 0 Å². The Morgan fingerprint density at radius 3 is 2.67 bits per heavy atom. The van der Waals surface area contributed by atoms with E-state index in [0.29, 0.717) is 24.2 Å². The summed E-state index contributed by atoms with van der Waals surface area (Å²) in [7, 11) is 2.00. The molecule has 1 aromatic heterocycles. The maximum Gasteiger partial charge on any atom is 0.271 e. The summed E-state index contributed by atoms with van der Waals surface area (Å²) in [4.78, 5) is 32.4. The van der Waals surface area contributed by atoms with Gasteiger partial charge in [0.1, 0.15) is 17.0 Å². The third-order valence-corrected chi connectivity index (χ3v) is 8.74. The highest BCUT2D eigenvalue weighted by atomic mass is 32.2. The van der Waals surface area contributed by atoms with Gasteiger partial charge in [-0.15, -0.1) is 0 Å². The van der Waals surface area contributed by atoms with Crippen LogP contribution in [-0.2, 0) is 4.79 Å². The van der Waals surface area contributed by atoms with E-state index in [1.165, 1.54) is 0 Å². The zero-order valence-electron chi connectivity index (χ0n) is 21.3. The lowest BCUT2D eigenvalue weighted by Gasteiger charge is -2.41. The van der Waals surface area contributed by atoms with E-state index in [-0.39, 0.29) is 29.1 Å². The molecular weight excluding hydrogens is 470 g/mol. The van der Waals surface area contributed by atoms with Gasteiger partial charge in [-0.25, -0.2) is 0 Å². The summed E-state index contributed by atoms with van der Waals surface area (Å²) in [5, 5.41) is 4.12. The molecule has 2 aromatic carbocycles. The van der Waals surface area contributed by atoms with Gasteiger partial charge in [0, 0.05) is 30.4 Å². The monoisotopic (exact) mass is 503 g/mol. The number of thioether (sulfide) groups is 1. The van der Waals surface area contributed by atoms with Crippen LogP contribution in [-0.4, -0.2) is 53.2 Å². The maximum absolute atomic E-state index is 14.1. The first-order valence-electron chi connectivity index (χ1n) is 12.6. The van der Waals surface area contributed by atoms with E-state index in [1.807, 2.05) is 61.3 Å². The predicted octanol–water partition coefficient (Wildman–Crippen LogP) is 5.49. The van der Waals surface area contributed by atoms with Crippen molar-refractivity contribution in [2.24, 2.45) is 5.92 Å². The highest BCUT2D eigenvalue weighted by molar-refractivity contribution is 8.09. The molecule has 0 spiro atoms. The largest absolute Gasteiger partial charge is 0.461 e. The minimum absolute atomic E-state index is 0.0477. The molecule has 2 unspecified atom stereocenters. The molecule has 3 atom stereocenters. The van der Waals surface area contributed by atoms with Crippen LogP contribution in [0.4, 0.5) is 0 Å². The molecule has 2 aliphatic rings. The lowest BCUT2D eigenvalue weighted by atomic mass is 9.90. The van der Waals surface area contributed by atoms with Crippen LogP contribution >= 0.6 is 11.8 Å². The Morgan fingerprint density at radius 1 is 1.11 bits per heavy atom. The Labute approximate surface area is 216 Å². The number of likely N-dealkylation sites (N-methyl/N-ethyl adjacent to an activating group) is 1. The van der Waals surface area contributed by atoms with Crippen molar-refractivity contribution in [2.45, 2.75) is 45.0 Å². The average Bonchev–Trinajstić information content (AvgIpc) is 3.41. The molecule has 0 aliphatic carbocycles. The summed E-state index contributed by atoms with van der Waals surface area (Å²) in [5.74, 6) is 0.968. The third kappa shape index (κ3) is 4.52. The fourth-order valence-electron chi connectivity index (χ4n) is 5.32. The number of aryl methyl sites for hydroxylation is 1. The van der Waals surface area contributed by atoms with Gasteiger partial charge in [0.05, 0.1) is 17.0 Å².